The minimum atomic E-state index is -0.794. The van der Waals surface area contributed by atoms with Crippen LogP contribution in [0.4, 0.5) is 4.79 Å². The number of carboxylic acid groups (broad SMARTS) is 1. The predicted octanol–water partition coefficient (Wildman–Crippen LogP) is 0.919. The molecule has 1 saturated carbocycles. The smallest absolute Gasteiger partial charge is 0.317 e. The van der Waals surface area contributed by atoms with Gasteiger partial charge in [0, 0.05) is 38.8 Å². The van der Waals surface area contributed by atoms with E-state index >= 15 is 0 Å². The van der Waals surface area contributed by atoms with Crippen LogP contribution in [0.1, 0.15) is 25.7 Å². The number of carbonyl (C=O) groups is 2. The average molecular weight is 270 g/mol. The number of carbonyl (C=O) groups excluding carboxylic acids is 1. The number of urea groups is 1. The second-order valence-corrected chi connectivity index (χ2v) is 5.47. The van der Waals surface area contributed by atoms with Crippen LogP contribution in [0.3, 0.4) is 0 Å². The monoisotopic (exact) mass is 270 g/mol. The topological polar surface area (TPSA) is 78.9 Å². The Morgan fingerprint density at radius 1 is 1.26 bits per heavy atom. The first-order valence-corrected chi connectivity index (χ1v) is 6.97. The molecule has 2 amide bonds. The molecular weight excluding hydrogens is 248 g/mol. The zero-order valence-corrected chi connectivity index (χ0v) is 11.1. The molecule has 1 aliphatic heterocycles. The van der Waals surface area contributed by atoms with Crippen molar-refractivity contribution in [2.75, 3.05) is 32.8 Å². The zero-order valence-electron chi connectivity index (χ0n) is 11.1. The molecule has 0 aromatic rings. The lowest BCUT2D eigenvalue weighted by atomic mass is 9.97. The number of carboxylic acids is 1. The summed E-state index contributed by atoms with van der Waals surface area (Å²) in [6.07, 6.45) is 3.57. The van der Waals surface area contributed by atoms with Crippen molar-refractivity contribution in [3.05, 3.63) is 0 Å². The highest BCUT2D eigenvalue weighted by Gasteiger charge is 2.31. The fourth-order valence-corrected chi connectivity index (χ4v) is 2.13. The van der Waals surface area contributed by atoms with Crippen LogP contribution in [0.25, 0.3) is 0 Å². The number of hydrogen-bond acceptors (Lipinski definition) is 3. The molecule has 0 atom stereocenters. The molecule has 0 aromatic carbocycles. The van der Waals surface area contributed by atoms with E-state index < -0.39 is 5.97 Å². The number of nitrogens with one attached hydrogen (secondary N) is 1. The lowest BCUT2D eigenvalue weighted by Crippen LogP contribution is -2.54. The molecule has 2 fully saturated rings. The average Bonchev–Trinajstić information content (AvgIpc) is 3.11. The SMILES string of the molecule is O=C(O)CC1CN(C(=O)NCCCOCC2CC2)C1. The van der Waals surface area contributed by atoms with Crippen molar-refractivity contribution >= 4 is 12.0 Å². The Bertz CT molecular complexity index is 325. The largest absolute Gasteiger partial charge is 0.481 e. The molecule has 2 rings (SSSR count). The van der Waals surface area contributed by atoms with Gasteiger partial charge < -0.3 is 20.1 Å². The summed E-state index contributed by atoms with van der Waals surface area (Å²) in [5.41, 5.74) is 0. The number of ether oxygens (including phenoxy) is 1. The number of aliphatic carboxylic acids is 1. The van der Waals surface area contributed by atoms with Crippen LogP contribution in [-0.2, 0) is 9.53 Å². The van der Waals surface area contributed by atoms with Crippen molar-refractivity contribution < 1.29 is 19.4 Å². The van der Waals surface area contributed by atoms with E-state index in [9.17, 15) is 9.59 Å². The van der Waals surface area contributed by atoms with Crippen molar-refractivity contribution in [2.24, 2.45) is 11.8 Å². The molecule has 6 nitrogen and oxygen atoms in total. The van der Waals surface area contributed by atoms with Gasteiger partial charge in [-0.3, -0.25) is 4.79 Å². The molecule has 19 heavy (non-hydrogen) atoms. The minimum absolute atomic E-state index is 0.0937. The number of rotatable bonds is 8. The highest BCUT2D eigenvalue weighted by atomic mass is 16.5. The summed E-state index contributed by atoms with van der Waals surface area (Å²) >= 11 is 0. The molecule has 0 unspecified atom stereocenters. The van der Waals surface area contributed by atoms with Gasteiger partial charge in [0.25, 0.3) is 0 Å². The standard InChI is InChI=1S/C13H22N2O4/c16-12(17)6-11-7-15(8-11)13(18)14-4-1-5-19-9-10-2-3-10/h10-11H,1-9H2,(H,14,18)(H,16,17). The van der Waals surface area contributed by atoms with Gasteiger partial charge >= 0.3 is 12.0 Å². The van der Waals surface area contributed by atoms with Gasteiger partial charge in [0.15, 0.2) is 0 Å². The fraction of sp³-hybridized carbons (Fsp3) is 0.846. The summed E-state index contributed by atoms with van der Waals surface area (Å²) in [6, 6.07) is -0.0937. The quantitative estimate of drug-likeness (QED) is 0.643. The molecule has 1 saturated heterocycles. The maximum absolute atomic E-state index is 11.6. The van der Waals surface area contributed by atoms with Crippen LogP contribution in [0, 0.1) is 11.8 Å². The highest BCUT2D eigenvalue weighted by molar-refractivity contribution is 5.75. The van der Waals surface area contributed by atoms with Crippen molar-refractivity contribution in [3.8, 4) is 0 Å². The maximum atomic E-state index is 11.6. The van der Waals surface area contributed by atoms with Crippen molar-refractivity contribution in [1.82, 2.24) is 10.2 Å². The highest BCUT2D eigenvalue weighted by Crippen LogP contribution is 2.28. The molecule has 0 radical (unpaired) electrons. The number of hydrogen-bond donors (Lipinski definition) is 2. The van der Waals surface area contributed by atoms with Gasteiger partial charge in [-0.25, -0.2) is 4.79 Å². The van der Waals surface area contributed by atoms with Gasteiger partial charge in [-0.15, -0.1) is 0 Å². The van der Waals surface area contributed by atoms with Crippen molar-refractivity contribution in [1.29, 1.82) is 0 Å². The van der Waals surface area contributed by atoms with Crippen molar-refractivity contribution in [3.63, 3.8) is 0 Å². The number of likely N-dealkylation sites (tertiary alicyclic amines) is 1. The summed E-state index contributed by atoms with van der Waals surface area (Å²) in [6.45, 7) is 3.27. The van der Waals surface area contributed by atoms with Crippen LogP contribution in [0.2, 0.25) is 0 Å². The Morgan fingerprint density at radius 2 is 2.00 bits per heavy atom. The van der Waals surface area contributed by atoms with E-state index in [1.807, 2.05) is 0 Å². The van der Waals surface area contributed by atoms with E-state index in [4.69, 9.17) is 9.84 Å². The third-order valence-electron chi connectivity index (χ3n) is 3.50. The number of amides is 2. The Hall–Kier alpha value is -1.30. The van der Waals surface area contributed by atoms with Gasteiger partial charge in [-0.2, -0.15) is 0 Å². The van der Waals surface area contributed by atoms with Crippen LogP contribution in [0.5, 0.6) is 0 Å². The van der Waals surface area contributed by atoms with Gasteiger partial charge in [-0.1, -0.05) is 0 Å². The molecule has 2 aliphatic rings. The van der Waals surface area contributed by atoms with Gasteiger partial charge in [0.2, 0.25) is 0 Å². The molecule has 0 spiro atoms. The van der Waals surface area contributed by atoms with E-state index in [0.29, 0.717) is 26.2 Å². The predicted molar refractivity (Wildman–Crippen MR) is 68.9 cm³/mol. The summed E-state index contributed by atoms with van der Waals surface area (Å²) in [7, 11) is 0. The lowest BCUT2D eigenvalue weighted by molar-refractivity contribution is -0.139. The summed E-state index contributed by atoms with van der Waals surface area (Å²) in [5.74, 6) is 0.102. The zero-order chi connectivity index (χ0) is 13.7. The summed E-state index contributed by atoms with van der Waals surface area (Å²) in [4.78, 5) is 23.8. The third-order valence-corrected chi connectivity index (χ3v) is 3.50. The minimum Gasteiger partial charge on any atom is -0.481 e. The van der Waals surface area contributed by atoms with Gasteiger partial charge in [0.1, 0.15) is 0 Å². The van der Waals surface area contributed by atoms with E-state index in [1.54, 1.807) is 4.90 Å². The lowest BCUT2D eigenvalue weighted by Gasteiger charge is -2.38. The van der Waals surface area contributed by atoms with E-state index in [-0.39, 0.29) is 18.4 Å². The fourth-order valence-electron chi connectivity index (χ4n) is 2.13. The van der Waals surface area contributed by atoms with Crippen LogP contribution < -0.4 is 5.32 Å². The molecule has 0 bridgehead atoms. The van der Waals surface area contributed by atoms with Crippen molar-refractivity contribution in [2.45, 2.75) is 25.7 Å². The Labute approximate surface area is 113 Å². The normalized spacial score (nSPS) is 19.1. The van der Waals surface area contributed by atoms with Gasteiger partial charge in [0.05, 0.1) is 6.42 Å². The molecule has 0 aromatic heterocycles. The maximum Gasteiger partial charge on any atom is 0.317 e. The first-order valence-electron chi connectivity index (χ1n) is 6.97. The molecule has 2 N–H and O–H groups in total. The van der Waals surface area contributed by atoms with Crippen LogP contribution in [-0.4, -0.2) is 54.9 Å². The van der Waals surface area contributed by atoms with E-state index in [2.05, 4.69) is 5.32 Å². The molecule has 1 aliphatic carbocycles. The Kier molecular flexibility index (Phi) is 5.01. The van der Waals surface area contributed by atoms with Crippen LogP contribution >= 0.6 is 0 Å². The molecule has 1 heterocycles. The third kappa shape index (κ3) is 5.06. The first kappa shape index (κ1) is 14.1. The summed E-state index contributed by atoms with van der Waals surface area (Å²) < 4.78 is 5.47. The molecular formula is C13H22N2O4. The number of nitrogens with zero attached hydrogens (tertiary/aromatic N) is 1. The van der Waals surface area contributed by atoms with E-state index in [1.165, 1.54) is 12.8 Å². The molecule has 6 heteroatoms. The second-order valence-electron chi connectivity index (χ2n) is 5.47. The Morgan fingerprint density at radius 3 is 2.63 bits per heavy atom. The second kappa shape index (κ2) is 6.75. The first-order chi connectivity index (χ1) is 9.15. The Balaban J connectivity index is 1.43. The van der Waals surface area contributed by atoms with E-state index in [0.717, 1.165) is 18.9 Å². The van der Waals surface area contributed by atoms with Gasteiger partial charge in [-0.05, 0) is 25.2 Å². The van der Waals surface area contributed by atoms with Crippen LogP contribution in [0.15, 0.2) is 0 Å². The summed E-state index contributed by atoms with van der Waals surface area (Å²) in [5, 5.41) is 11.4. The molecule has 108 valence electrons.